The van der Waals surface area contributed by atoms with Gasteiger partial charge in [0.2, 0.25) is 0 Å². The van der Waals surface area contributed by atoms with Crippen LogP contribution in [0.3, 0.4) is 0 Å². The van der Waals surface area contributed by atoms with Gasteiger partial charge in [-0.15, -0.1) is 9.13 Å². The highest BCUT2D eigenvalue weighted by Crippen LogP contribution is 2.47. The summed E-state index contributed by atoms with van der Waals surface area (Å²) in [6.45, 7) is 14.1. The van der Waals surface area contributed by atoms with Crippen molar-refractivity contribution in [1.29, 1.82) is 0 Å². The first-order valence-corrected chi connectivity index (χ1v) is 7.74. The summed E-state index contributed by atoms with van der Waals surface area (Å²) < 4.78 is 4.95. The lowest BCUT2D eigenvalue weighted by Gasteiger charge is -2.40. The molecule has 1 aliphatic rings. The van der Waals surface area contributed by atoms with Gasteiger partial charge in [-0.1, -0.05) is 0 Å². The Balaban J connectivity index is 2.51. The molecule has 0 radical (unpaired) electrons. The zero-order valence-corrected chi connectivity index (χ0v) is 14.0. The average Bonchev–Trinajstić information content (AvgIpc) is 2.69. The Kier molecular flexibility index (Phi) is 2.82. The molecule has 0 N–H and O–H groups in total. The van der Waals surface area contributed by atoms with Crippen molar-refractivity contribution in [2.45, 2.75) is 47.2 Å². The zero-order chi connectivity index (χ0) is 15.5. The van der Waals surface area contributed by atoms with E-state index >= 15 is 0 Å². The number of hydrogen-bond acceptors (Lipinski definition) is 0. The van der Waals surface area contributed by atoms with Gasteiger partial charge in [0.15, 0.2) is 12.4 Å². The van der Waals surface area contributed by atoms with Crippen LogP contribution in [0, 0.1) is 10.8 Å². The summed E-state index contributed by atoms with van der Waals surface area (Å²) in [5.41, 5.74) is 2.60. The third-order valence-electron chi connectivity index (χ3n) is 4.77. The molecule has 0 saturated heterocycles. The number of hydrogen-bond donors (Lipinski definition) is 0. The molecule has 2 heteroatoms. The number of aromatic nitrogens is 2. The smallest absolute Gasteiger partial charge is 0.128 e. The van der Waals surface area contributed by atoms with Gasteiger partial charge in [-0.05, 0) is 53.7 Å². The first-order chi connectivity index (χ1) is 9.71. The first kappa shape index (κ1) is 14.2. The van der Waals surface area contributed by atoms with E-state index in [1.54, 1.807) is 0 Å². The highest BCUT2D eigenvalue weighted by atomic mass is 15.3. The van der Waals surface area contributed by atoms with Crippen molar-refractivity contribution in [3.05, 3.63) is 48.8 Å². The van der Waals surface area contributed by atoms with Crippen LogP contribution in [0.2, 0.25) is 0 Å². The topological polar surface area (TPSA) is 7.76 Å². The average molecular weight is 282 g/mol. The molecule has 110 valence electrons. The second kappa shape index (κ2) is 4.16. The molecule has 0 saturated carbocycles. The van der Waals surface area contributed by atoms with Gasteiger partial charge in [0.05, 0.1) is 10.8 Å². The fourth-order valence-corrected chi connectivity index (χ4v) is 4.55. The summed E-state index contributed by atoms with van der Waals surface area (Å²) in [5, 5.41) is 0. The minimum atomic E-state index is -0.132. The van der Waals surface area contributed by atoms with E-state index in [1.807, 2.05) is 0 Å². The first-order valence-electron chi connectivity index (χ1n) is 7.74. The van der Waals surface area contributed by atoms with Crippen molar-refractivity contribution in [2.75, 3.05) is 0 Å². The second-order valence-electron chi connectivity index (χ2n) is 8.08. The summed E-state index contributed by atoms with van der Waals surface area (Å²) in [4.78, 5) is 0. The van der Waals surface area contributed by atoms with Gasteiger partial charge in [0, 0.05) is 24.3 Å². The van der Waals surface area contributed by atoms with Crippen LogP contribution in [0.25, 0.3) is 11.4 Å². The molecule has 0 bridgehead atoms. The molecule has 0 unspecified atom stereocenters. The molecule has 2 aromatic heterocycles. The van der Waals surface area contributed by atoms with E-state index in [9.17, 15) is 0 Å². The van der Waals surface area contributed by atoms with Crippen LogP contribution in [0.4, 0.5) is 0 Å². The van der Waals surface area contributed by atoms with Crippen molar-refractivity contribution < 1.29 is 9.13 Å². The van der Waals surface area contributed by atoms with Gasteiger partial charge in [0.25, 0.3) is 11.4 Å². The minimum Gasteiger partial charge on any atom is -0.128 e. The molecule has 3 heterocycles. The maximum atomic E-state index is 2.47. The van der Waals surface area contributed by atoms with E-state index in [-0.39, 0.29) is 16.5 Å². The summed E-state index contributed by atoms with van der Waals surface area (Å²) in [6.07, 6.45) is 4.47. The summed E-state index contributed by atoms with van der Waals surface area (Å²) in [5.74, 6) is 0. The Bertz CT molecular complexity index is 626. The van der Waals surface area contributed by atoms with E-state index in [4.69, 9.17) is 0 Å². The quantitative estimate of drug-likeness (QED) is 0.653. The van der Waals surface area contributed by atoms with Crippen molar-refractivity contribution in [1.82, 2.24) is 0 Å². The number of rotatable bonds is 0. The van der Waals surface area contributed by atoms with Crippen LogP contribution in [0.1, 0.15) is 41.5 Å². The molecule has 0 atom stereocenters. The van der Waals surface area contributed by atoms with Crippen molar-refractivity contribution >= 4 is 0 Å². The summed E-state index contributed by atoms with van der Waals surface area (Å²) in [6, 6.07) is 13.0. The van der Waals surface area contributed by atoms with Crippen LogP contribution in [-0.4, -0.2) is 0 Å². The van der Waals surface area contributed by atoms with Crippen LogP contribution >= 0.6 is 0 Å². The zero-order valence-electron chi connectivity index (χ0n) is 14.0. The normalized spacial score (nSPS) is 16.5. The lowest BCUT2D eigenvalue weighted by atomic mass is 9.65. The Morgan fingerprint density at radius 2 is 1.05 bits per heavy atom. The molecule has 2 aromatic rings. The maximum Gasteiger partial charge on any atom is 0.371 e. The maximum absolute atomic E-state index is 2.47. The van der Waals surface area contributed by atoms with Crippen LogP contribution in [-0.2, 0) is 5.66 Å². The van der Waals surface area contributed by atoms with Gasteiger partial charge in [-0.25, -0.2) is 0 Å². The number of nitrogens with zero attached hydrogens (tertiary/aromatic N) is 2. The monoisotopic (exact) mass is 282 g/mol. The van der Waals surface area contributed by atoms with Gasteiger partial charge in [-0.2, -0.15) is 0 Å². The molecule has 0 amide bonds. The molecule has 0 aromatic carbocycles. The highest BCUT2D eigenvalue weighted by Gasteiger charge is 2.72. The standard InChI is InChI=1S/C19H26N2/c1-17(2,3)19(18(4,5)6)20-13-9-7-11-15(20)16-12-8-10-14-21(16)19/h7-14H,1-6H3/q+2. The highest BCUT2D eigenvalue weighted by molar-refractivity contribution is 5.47. The Labute approximate surface area is 128 Å². The molecule has 21 heavy (non-hydrogen) atoms. The van der Waals surface area contributed by atoms with E-state index in [2.05, 4.69) is 99.5 Å². The van der Waals surface area contributed by atoms with Gasteiger partial charge >= 0.3 is 5.66 Å². The van der Waals surface area contributed by atoms with E-state index < -0.39 is 0 Å². The second-order valence-corrected chi connectivity index (χ2v) is 8.08. The predicted octanol–water partition coefficient (Wildman–Crippen LogP) is 3.54. The molecule has 1 aliphatic heterocycles. The molecular weight excluding hydrogens is 256 g/mol. The summed E-state index contributed by atoms with van der Waals surface area (Å²) >= 11 is 0. The SMILES string of the molecule is CC(C)(C)C1(C(C)(C)C)[n+]2ccccc2-c2cccc[n+]21. The minimum absolute atomic E-state index is 0.0727. The molecule has 2 nitrogen and oxygen atoms in total. The summed E-state index contributed by atoms with van der Waals surface area (Å²) in [7, 11) is 0. The van der Waals surface area contributed by atoms with Crippen molar-refractivity contribution in [3.63, 3.8) is 0 Å². The van der Waals surface area contributed by atoms with Crippen LogP contribution in [0.5, 0.6) is 0 Å². The molecule has 3 rings (SSSR count). The van der Waals surface area contributed by atoms with Crippen LogP contribution < -0.4 is 9.13 Å². The lowest BCUT2D eigenvalue weighted by molar-refractivity contribution is -0.992. The van der Waals surface area contributed by atoms with E-state index in [1.165, 1.54) is 11.4 Å². The lowest BCUT2D eigenvalue weighted by Crippen LogP contribution is -2.80. The predicted molar refractivity (Wildman–Crippen MR) is 84.6 cm³/mol. The van der Waals surface area contributed by atoms with E-state index in [0.29, 0.717) is 0 Å². The Hall–Kier alpha value is -1.70. The Morgan fingerprint density at radius 1 is 0.667 bits per heavy atom. The fraction of sp³-hybridized carbons (Fsp3) is 0.474. The van der Waals surface area contributed by atoms with E-state index in [0.717, 1.165) is 0 Å². The van der Waals surface area contributed by atoms with Gasteiger partial charge in [0.1, 0.15) is 0 Å². The van der Waals surface area contributed by atoms with Crippen LogP contribution in [0.15, 0.2) is 48.8 Å². The molecule has 0 spiro atoms. The molecular formula is C19H26N2+2. The third kappa shape index (κ3) is 1.65. The van der Waals surface area contributed by atoms with Gasteiger partial charge < -0.3 is 0 Å². The third-order valence-corrected chi connectivity index (χ3v) is 4.77. The van der Waals surface area contributed by atoms with Crippen molar-refractivity contribution in [2.24, 2.45) is 10.8 Å². The fourth-order valence-electron chi connectivity index (χ4n) is 4.55. The largest absolute Gasteiger partial charge is 0.371 e. The van der Waals surface area contributed by atoms with Crippen molar-refractivity contribution in [3.8, 4) is 11.4 Å². The van der Waals surface area contributed by atoms with Gasteiger partial charge in [-0.3, -0.25) is 0 Å². The molecule has 0 fully saturated rings. The Morgan fingerprint density at radius 3 is 1.38 bits per heavy atom. The number of fused-ring (bicyclic) bond motifs is 3. The number of pyridine rings is 2. The molecule has 0 aliphatic carbocycles.